The zero-order valence-electron chi connectivity index (χ0n) is 8.93. The zero-order valence-corrected chi connectivity index (χ0v) is 8.93. The molecule has 0 aromatic heterocycles. The van der Waals surface area contributed by atoms with Gasteiger partial charge in [-0.1, -0.05) is 0 Å². The molecule has 2 N–H and O–H groups in total. The second-order valence-electron chi connectivity index (χ2n) is 2.67. The van der Waals surface area contributed by atoms with E-state index in [1.807, 2.05) is 0 Å². The monoisotopic (exact) mass is 200 g/mol. The summed E-state index contributed by atoms with van der Waals surface area (Å²) in [6, 6.07) is -0.355. The summed E-state index contributed by atoms with van der Waals surface area (Å²) in [5.74, 6) is -0.415. The van der Waals surface area contributed by atoms with Crippen molar-refractivity contribution in [2.45, 2.75) is 20.8 Å². The number of hydrogen-bond acceptors (Lipinski definition) is 3. The molecule has 5 nitrogen and oxygen atoms in total. The quantitative estimate of drug-likeness (QED) is 0.522. The van der Waals surface area contributed by atoms with Gasteiger partial charge < -0.3 is 15.4 Å². The molecule has 5 heteroatoms. The van der Waals surface area contributed by atoms with Crippen LogP contribution in [0.25, 0.3) is 0 Å². The Labute approximate surface area is 83.5 Å². The third-order valence-corrected chi connectivity index (χ3v) is 1.67. The fourth-order valence-electron chi connectivity index (χ4n) is 0.719. The van der Waals surface area contributed by atoms with Crippen molar-refractivity contribution < 1.29 is 14.3 Å². The predicted octanol–water partition coefficient (Wildman–Crippen LogP) is 0.772. The normalized spacial score (nSPS) is 11.4. The Kier molecular flexibility index (Phi) is 5.36. The van der Waals surface area contributed by atoms with Crippen LogP contribution in [0, 0.1) is 0 Å². The van der Waals surface area contributed by atoms with Gasteiger partial charge in [-0.05, 0) is 20.8 Å². The highest BCUT2D eigenvalue weighted by Gasteiger charge is 2.09. The number of urea groups is 1. The molecule has 0 bridgehead atoms. The number of rotatable bonds is 3. The van der Waals surface area contributed by atoms with Gasteiger partial charge in [-0.2, -0.15) is 0 Å². The summed E-state index contributed by atoms with van der Waals surface area (Å²) in [7, 11) is 1.50. The van der Waals surface area contributed by atoms with E-state index in [0.29, 0.717) is 17.9 Å². The van der Waals surface area contributed by atoms with E-state index < -0.39 is 5.97 Å². The maximum atomic E-state index is 11.2. The second kappa shape index (κ2) is 6.01. The highest BCUT2D eigenvalue weighted by Crippen LogP contribution is 2.02. The third-order valence-electron chi connectivity index (χ3n) is 1.67. The molecule has 0 rings (SSSR count). The van der Waals surface area contributed by atoms with Gasteiger partial charge in [0.2, 0.25) is 0 Å². The molecule has 0 spiro atoms. The summed E-state index contributed by atoms with van der Waals surface area (Å²) in [5.41, 5.74) is 0.887. The standard InChI is InChI=1S/C9H16N2O3/c1-5-14-8(12)6(2)7(3)11-9(13)10-4/h5H2,1-4H3,(H2,10,11,13)/b7-6+. The first kappa shape index (κ1) is 12.5. The molecule has 0 aliphatic rings. The molecular formula is C9H16N2O3. The van der Waals surface area contributed by atoms with E-state index in [2.05, 4.69) is 10.6 Å². The third kappa shape index (κ3) is 3.93. The van der Waals surface area contributed by atoms with Crippen LogP contribution < -0.4 is 10.6 Å². The molecule has 0 aliphatic carbocycles. The van der Waals surface area contributed by atoms with Crippen molar-refractivity contribution in [3.05, 3.63) is 11.3 Å². The Bertz CT molecular complexity index is 259. The lowest BCUT2D eigenvalue weighted by molar-refractivity contribution is -0.138. The zero-order chi connectivity index (χ0) is 11.1. The number of esters is 1. The molecule has 0 atom stereocenters. The van der Waals surface area contributed by atoms with Crippen molar-refractivity contribution in [2.24, 2.45) is 0 Å². The van der Waals surface area contributed by atoms with Crippen LogP contribution in [-0.4, -0.2) is 25.7 Å². The largest absolute Gasteiger partial charge is 0.463 e. The lowest BCUT2D eigenvalue weighted by Crippen LogP contribution is -2.32. The first-order valence-corrected chi connectivity index (χ1v) is 4.36. The number of allylic oxidation sites excluding steroid dienone is 1. The molecule has 0 heterocycles. The summed E-state index contributed by atoms with van der Waals surface area (Å²) in [4.78, 5) is 22.1. The van der Waals surface area contributed by atoms with Crippen LogP contribution in [0.1, 0.15) is 20.8 Å². The van der Waals surface area contributed by atoms with Gasteiger partial charge in [-0.3, -0.25) is 0 Å². The molecule has 0 radical (unpaired) electrons. The minimum atomic E-state index is -0.415. The number of amides is 2. The van der Waals surface area contributed by atoms with Crippen LogP contribution in [0.5, 0.6) is 0 Å². The smallest absolute Gasteiger partial charge is 0.335 e. The van der Waals surface area contributed by atoms with Gasteiger partial charge in [-0.25, -0.2) is 9.59 Å². The molecule has 0 saturated heterocycles. The van der Waals surface area contributed by atoms with Gasteiger partial charge in [0, 0.05) is 12.7 Å². The van der Waals surface area contributed by atoms with E-state index in [1.165, 1.54) is 7.05 Å². The summed E-state index contributed by atoms with van der Waals surface area (Å²) >= 11 is 0. The van der Waals surface area contributed by atoms with Crippen LogP contribution in [0.4, 0.5) is 4.79 Å². The fourth-order valence-corrected chi connectivity index (χ4v) is 0.719. The number of carbonyl (C=O) groups excluding carboxylic acids is 2. The predicted molar refractivity (Wildman–Crippen MR) is 52.6 cm³/mol. The maximum Gasteiger partial charge on any atom is 0.335 e. The van der Waals surface area contributed by atoms with Crippen molar-refractivity contribution >= 4 is 12.0 Å². The van der Waals surface area contributed by atoms with Crippen LogP contribution in [0.15, 0.2) is 11.3 Å². The van der Waals surface area contributed by atoms with Gasteiger partial charge in [0.05, 0.1) is 12.2 Å². The van der Waals surface area contributed by atoms with Crippen LogP contribution in [0.3, 0.4) is 0 Å². The average Bonchev–Trinajstić information content (AvgIpc) is 2.16. The fraction of sp³-hybridized carbons (Fsp3) is 0.556. The van der Waals surface area contributed by atoms with Crippen LogP contribution in [-0.2, 0) is 9.53 Å². The summed E-state index contributed by atoms with van der Waals surface area (Å²) in [6.07, 6.45) is 0. The molecule has 0 aromatic rings. The highest BCUT2D eigenvalue weighted by atomic mass is 16.5. The molecule has 14 heavy (non-hydrogen) atoms. The molecule has 80 valence electrons. The van der Waals surface area contributed by atoms with Gasteiger partial charge >= 0.3 is 12.0 Å². The average molecular weight is 200 g/mol. The minimum Gasteiger partial charge on any atom is -0.463 e. The Morgan fingerprint density at radius 1 is 1.29 bits per heavy atom. The van der Waals surface area contributed by atoms with Crippen molar-refractivity contribution in [1.29, 1.82) is 0 Å². The Morgan fingerprint density at radius 3 is 2.29 bits per heavy atom. The summed E-state index contributed by atoms with van der Waals surface area (Å²) in [5, 5.41) is 4.88. The molecule has 2 amide bonds. The highest BCUT2D eigenvalue weighted by molar-refractivity contribution is 5.89. The van der Waals surface area contributed by atoms with E-state index in [9.17, 15) is 9.59 Å². The molecular weight excluding hydrogens is 184 g/mol. The Morgan fingerprint density at radius 2 is 1.86 bits per heavy atom. The van der Waals surface area contributed by atoms with E-state index in [-0.39, 0.29) is 6.03 Å². The van der Waals surface area contributed by atoms with Crippen molar-refractivity contribution in [1.82, 2.24) is 10.6 Å². The van der Waals surface area contributed by atoms with Crippen molar-refractivity contribution in [3.8, 4) is 0 Å². The summed E-state index contributed by atoms with van der Waals surface area (Å²) < 4.78 is 4.77. The van der Waals surface area contributed by atoms with Gasteiger partial charge in [-0.15, -0.1) is 0 Å². The topological polar surface area (TPSA) is 67.4 Å². The molecule has 0 aliphatic heterocycles. The number of hydrogen-bond donors (Lipinski definition) is 2. The van der Waals surface area contributed by atoms with E-state index >= 15 is 0 Å². The second-order valence-corrected chi connectivity index (χ2v) is 2.67. The Hall–Kier alpha value is -1.52. The number of nitrogens with one attached hydrogen (secondary N) is 2. The SMILES string of the molecule is CCOC(=O)/C(C)=C(\C)NC(=O)NC. The molecule has 0 fully saturated rings. The van der Waals surface area contributed by atoms with Gasteiger partial charge in [0.15, 0.2) is 0 Å². The summed E-state index contributed by atoms with van der Waals surface area (Å²) in [6.45, 7) is 5.29. The van der Waals surface area contributed by atoms with E-state index in [0.717, 1.165) is 0 Å². The van der Waals surface area contributed by atoms with Crippen LogP contribution in [0.2, 0.25) is 0 Å². The maximum absolute atomic E-state index is 11.2. The number of ether oxygens (including phenoxy) is 1. The lowest BCUT2D eigenvalue weighted by Gasteiger charge is -2.08. The van der Waals surface area contributed by atoms with Crippen molar-refractivity contribution in [2.75, 3.05) is 13.7 Å². The molecule has 0 unspecified atom stereocenters. The lowest BCUT2D eigenvalue weighted by atomic mass is 10.2. The first-order valence-electron chi connectivity index (χ1n) is 4.36. The first-order chi connectivity index (χ1) is 6.52. The van der Waals surface area contributed by atoms with Gasteiger partial charge in [0.25, 0.3) is 0 Å². The minimum absolute atomic E-state index is 0.323. The molecule has 0 saturated carbocycles. The van der Waals surface area contributed by atoms with Crippen molar-refractivity contribution in [3.63, 3.8) is 0 Å². The Balaban J connectivity index is 4.42. The van der Waals surface area contributed by atoms with Crippen LogP contribution >= 0.6 is 0 Å². The number of carbonyl (C=O) groups is 2. The molecule has 0 aromatic carbocycles. The van der Waals surface area contributed by atoms with E-state index in [1.54, 1.807) is 20.8 Å². The van der Waals surface area contributed by atoms with E-state index in [4.69, 9.17) is 4.74 Å². The van der Waals surface area contributed by atoms with Gasteiger partial charge in [0.1, 0.15) is 0 Å².